The van der Waals surface area contributed by atoms with Gasteiger partial charge in [-0.2, -0.15) is 4.31 Å². The molecular weight excluding hydrogens is 428 g/mol. The van der Waals surface area contributed by atoms with Crippen molar-refractivity contribution in [1.82, 2.24) is 9.21 Å². The van der Waals surface area contributed by atoms with Crippen LogP contribution in [0, 0.1) is 0 Å². The van der Waals surface area contributed by atoms with E-state index in [2.05, 4.69) is 4.90 Å². The van der Waals surface area contributed by atoms with Crippen LogP contribution in [0.5, 0.6) is 0 Å². The Morgan fingerprint density at radius 3 is 2.47 bits per heavy atom. The first-order valence-corrected chi connectivity index (χ1v) is 13.3. The quantitative estimate of drug-likeness (QED) is 0.593. The van der Waals surface area contributed by atoms with Gasteiger partial charge in [0, 0.05) is 45.7 Å². The molecule has 1 atom stereocenters. The zero-order chi connectivity index (χ0) is 22.9. The second-order valence-electron chi connectivity index (χ2n) is 8.77. The van der Waals surface area contributed by atoms with Crippen molar-refractivity contribution in [2.75, 3.05) is 49.1 Å². The molecule has 0 saturated carbocycles. The first-order chi connectivity index (χ1) is 15.4. The summed E-state index contributed by atoms with van der Waals surface area (Å²) in [5.41, 5.74) is 1.56. The molecule has 8 nitrogen and oxygen atoms in total. The molecular formula is C23H34N4O4S. The topological polar surface area (TPSA) is 81.2 Å². The van der Waals surface area contributed by atoms with Gasteiger partial charge in [-0.05, 0) is 50.3 Å². The maximum absolute atomic E-state index is 13.3. The van der Waals surface area contributed by atoms with E-state index in [1.54, 1.807) is 17.0 Å². The average Bonchev–Trinajstić information content (AvgIpc) is 3.49. The van der Waals surface area contributed by atoms with Crippen LogP contribution >= 0.6 is 0 Å². The van der Waals surface area contributed by atoms with E-state index < -0.39 is 10.0 Å². The number of benzene rings is 1. The third kappa shape index (κ3) is 4.12. The first-order valence-electron chi connectivity index (χ1n) is 11.9. The van der Waals surface area contributed by atoms with Crippen molar-refractivity contribution in [3.05, 3.63) is 18.2 Å². The van der Waals surface area contributed by atoms with Crippen LogP contribution in [0.25, 0.3) is 0 Å². The fourth-order valence-electron chi connectivity index (χ4n) is 5.19. The molecule has 2 amide bonds. The molecule has 3 aliphatic rings. The summed E-state index contributed by atoms with van der Waals surface area (Å²) in [7, 11) is -3.63. The molecule has 2 saturated heterocycles. The van der Waals surface area contributed by atoms with E-state index >= 15 is 0 Å². The second-order valence-corrected chi connectivity index (χ2v) is 10.7. The predicted molar refractivity (Wildman–Crippen MR) is 124 cm³/mol. The Hall–Kier alpha value is -2.13. The summed E-state index contributed by atoms with van der Waals surface area (Å²) in [6.45, 7) is 7.30. The van der Waals surface area contributed by atoms with Crippen molar-refractivity contribution in [2.45, 2.75) is 63.3 Å². The van der Waals surface area contributed by atoms with Crippen LogP contribution in [0.4, 0.5) is 11.4 Å². The Labute approximate surface area is 191 Å². The number of fused-ring (bicyclic) bond motifs is 3. The molecule has 3 heterocycles. The number of hydrogen-bond acceptors (Lipinski definition) is 5. The highest BCUT2D eigenvalue weighted by atomic mass is 32.2. The molecule has 176 valence electrons. The molecule has 0 aliphatic carbocycles. The van der Waals surface area contributed by atoms with E-state index in [-0.39, 0.29) is 22.8 Å². The molecule has 2 fully saturated rings. The summed E-state index contributed by atoms with van der Waals surface area (Å²) in [6.07, 6.45) is 4.85. The van der Waals surface area contributed by atoms with Gasteiger partial charge in [0.1, 0.15) is 6.04 Å². The van der Waals surface area contributed by atoms with Crippen LogP contribution in [0.15, 0.2) is 23.1 Å². The largest absolute Gasteiger partial charge is 0.358 e. The molecule has 32 heavy (non-hydrogen) atoms. The maximum atomic E-state index is 13.3. The van der Waals surface area contributed by atoms with Gasteiger partial charge in [-0.15, -0.1) is 0 Å². The van der Waals surface area contributed by atoms with Crippen LogP contribution in [0.3, 0.4) is 0 Å². The van der Waals surface area contributed by atoms with Gasteiger partial charge in [-0.25, -0.2) is 8.42 Å². The van der Waals surface area contributed by atoms with Gasteiger partial charge in [-0.3, -0.25) is 9.59 Å². The van der Waals surface area contributed by atoms with Crippen molar-refractivity contribution in [2.24, 2.45) is 0 Å². The minimum Gasteiger partial charge on any atom is -0.358 e. The Balaban J connectivity index is 1.60. The van der Waals surface area contributed by atoms with Crippen LogP contribution in [-0.2, 0) is 19.6 Å². The van der Waals surface area contributed by atoms with Crippen molar-refractivity contribution in [3.8, 4) is 0 Å². The normalized spacial score (nSPS) is 20.8. The van der Waals surface area contributed by atoms with Gasteiger partial charge in [0.25, 0.3) is 0 Å². The van der Waals surface area contributed by atoms with E-state index in [0.29, 0.717) is 38.2 Å². The number of sulfonamides is 1. The molecule has 1 aromatic rings. The molecule has 0 N–H and O–H groups in total. The van der Waals surface area contributed by atoms with Crippen LogP contribution in [0.1, 0.15) is 52.4 Å². The number of likely N-dealkylation sites (tertiary alicyclic amines) is 1. The molecule has 0 spiro atoms. The molecule has 0 radical (unpaired) electrons. The highest BCUT2D eigenvalue weighted by molar-refractivity contribution is 7.89. The third-order valence-electron chi connectivity index (χ3n) is 6.93. The zero-order valence-corrected chi connectivity index (χ0v) is 19.9. The number of hydrogen-bond donors (Lipinski definition) is 0. The lowest BCUT2D eigenvalue weighted by atomic mass is 10.1. The minimum atomic E-state index is -3.63. The van der Waals surface area contributed by atoms with Crippen molar-refractivity contribution in [3.63, 3.8) is 0 Å². The third-order valence-corrected chi connectivity index (χ3v) is 8.97. The monoisotopic (exact) mass is 462 g/mol. The molecule has 9 heteroatoms. The molecule has 0 bridgehead atoms. The van der Waals surface area contributed by atoms with E-state index in [1.165, 1.54) is 4.31 Å². The lowest BCUT2D eigenvalue weighted by Crippen LogP contribution is -2.51. The van der Waals surface area contributed by atoms with Gasteiger partial charge in [-0.1, -0.05) is 13.8 Å². The van der Waals surface area contributed by atoms with Gasteiger partial charge >= 0.3 is 0 Å². The Kier molecular flexibility index (Phi) is 6.76. The number of nitrogens with zero attached hydrogens (tertiary/aromatic N) is 4. The molecule has 4 rings (SSSR count). The fraction of sp³-hybridized carbons (Fsp3) is 0.652. The lowest BCUT2D eigenvalue weighted by Gasteiger charge is -2.40. The number of anilines is 2. The Bertz CT molecular complexity index is 970. The summed E-state index contributed by atoms with van der Waals surface area (Å²) >= 11 is 0. The number of rotatable bonds is 8. The highest BCUT2D eigenvalue weighted by Crippen LogP contribution is 2.41. The lowest BCUT2D eigenvalue weighted by molar-refractivity contribution is -0.130. The van der Waals surface area contributed by atoms with Crippen LogP contribution in [0.2, 0.25) is 0 Å². The smallest absolute Gasteiger partial charge is 0.249 e. The van der Waals surface area contributed by atoms with Crippen molar-refractivity contribution < 1.29 is 18.0 Å². The van der Waals surface area contributed by atoms with E-state index in [9.17, 15) is 18.0 Å². The first kappa shape index (κ1) is 23.0. The maximum Gasteiger partial charge on any atom is 0.249 e. The molecule has 1 aromatic carbocycles. The zero-order valence-electron chi connectivity index (χ0n) is 19.1. The summed E-state index contributed by atoms with van der Waals surface area (Å²) in [6, 6.07) is 4.96. The summed E-state index contributed by atoms with van der Waals surface area (Å²) < 4.78 is 27.6. The van der Waals surface area contributed by atoms with Gasteiger partial charge < -0.3 is 14.7 Å². The van der Waals surface area contributed by atoms with Crippen molar-refractivity contribution in [1.29, 1.82) is 0 Å². The van der Waals surface area contributed by atoms with Gasteiger partial charge in [0.2, 0.25) is 21.8 Å². The van der Waals surface area contributed by atoms with Gasteiger partial charge in [0.15, 0.2) is 0 Å². The second kappa shape index (κ2) is 9.39. The summed E-state index contributed by atoms with van der Waals surface area (Å²) in [5, 5.41) is 0. The Morgan fingerprint density at radius 1 is 1.06 bits per heavy atom. The summed E-state index contributed by atoms with van der Waals surface area (Å²) in [5.74, 6) is 0.161. The van der Waals surface area contributed by atoms with E-state index in [1.807, 2.05) is 24.8 Å². The summed E-state index contributed by atoms with van der Waals surface area (Å²) in [4.78, 5) is 31.7. The average molecular weight is 463 g/mol. The van der Waals surface area contributed by atoms with Crippen LogP contribution in [-0.4, -0.2) is 74.7 Å². The fourth-order valence-corrected chi connectivity index (χ4v) is 6.67. The number of carbonyl (C=O) groups is 2. The standard InChI is InChI=1S/C23H34N4O4S/c1-3-25(4-2)32(30,31)18-11-12-19-21(17-18)27(23(29)20-9-7-15-26(19)20)16-8-10-22(28)24-13-5-6-14-24/h11-12,17,20H,3-10,13-16H2,1-2H3/t20-/m0/s1. The van der Waals surface area contributed by atoms with Crippen LogP contribution < -0.4 is 9.80 Å². The Morgan fingerprint density at radius 2 is 1.78 bits per heavy atom. The predicted octanol–water partition coefficient (Wildman–Crippen LogP) is 2.44. The number of carbonyl (C=O) groups excluding carboxylic acids is 2. The van der Waals surface area contributed by atoms with Crippen molar-refractivity contribution >= 4 is 33.2 Å². The molecule has 0 aromatic heterocycles. The van der Waals surface area contributed by atoms with E-state index in [4.69, 9.17) is 0 Å². The number of amides is 2. The SMILES string of the molecule is CCN(CC)S(=O)(=O)c1ccc2c(c1)N(CCCC(=O)N1CCCC1)C(=O)[C@@H]1CCCN21. The molecule has 0 unspecified atom stereocenters. The highest BCUT2D eigenvalue weighted by Gasteiger charge is 2.41. The van der Waals surface area contributed by atoms with Gasteiger partial charge in [0.05, 0.1) is 16.3 Å². The molecule has 3 aliphatic heterocycles. The van der Waals surface area contributed by atoms with E-state index in [0.717, 1.165) is 51.0 Å². The minimum absolute atomic E-state index is 0.0148.